The average molecular weight is 298 g/mol. The van der Waals surface area contributed by atoms with Gasteiger partial charge in [-0.1, -0.05) is 36.5 Å². The second-order valence-electron chi connectivity index (χ2n) is 3.56. The molecular formula is C10H13Cl2NO3S. The summed E-state index contributed by atoms with van der Waals surface area (Å²) in [6.07, 6.45) is 1.31. The minimum Gasteiger partial charge on any atom is -0.504 e. The first-order valence-electron chi connectivity index (χ1n) is 5.04. The summed E-state index contributed by atoms with van der Waals surface area (Å²) < 4.78 is 25.5. The Morgan fingerprint density at radius 1 is 1.35 bits per heavy atom. The number of rotatable bonds is 5. The lowest BCUT2D eigenvalue weighted by atomic mass is 10.3. The number of aromatic hydroxyl groups is 1. The fraction of sp³-hybridized carbons (Fsp3) is 0.400. The van der Waals surface area contributed by atoms with Crippen molar-refractivity contribution in [3.05, 3.63) is 22.2 Å². The fourth-order valence-electron chi connectivity index (χ4n) is 1.20. The molecule has 0 atom stereocenters. The zero-order valence-corrected chi connectivity index (χ0v) is 11.5. The fourth-order valence-corrected chi connectivity index (χ4v) is 2.95. The van der Waals surface area contributed by atoms with Crippen molar-refractivity contribution < 1.29 is 13.5 Å². The molecule has 0 saturated heterocycles. The number of unbranched alkanes of at least 4 members (excludes halogenated alkanes) is 1. The maximum absolute atomic E-state index is 11.6. The van der Waals surface area contributed by atoms with Crippen LogP contribution in [0.1, 0.15) is 19.8 Å². The number of anilines is 1. The van der Waals surface area contributed by atoms with Gasteiger partial charge in [0, 0.05) is 5.02 Å². The number of hydrogen-bond acceptors (Lipinski definition) is 3. The van der Waals surface area contributed by atoms with Crippen LogP contribution >= 0.6 is 23.2 Å². The number of sulfonamides is 1. The van der Waals surface area contributed by atoms with Crippen molar-refractivity contribution in [1.82, 2.24) is 0 Å². The van der Waals surface area contributed by atoms with Crippen LogP contribution in [-0.4, -0.2) is 19.3 Å². The molecule has 0 fully saturated rings. The molecule has 0 aliphatic heterocycles. The van der Waals surface area contributed by atoms with Gasteiger partial charge in [0.15, 0.2) is 5.75 Å². The van der Waals surface area contributed by atoms with E-state index < -0.39 is 10.0 Å². The maximum Gasteiger partial charge on any atom is 0.232 e. The molecule has 1 aromatic rings. The number of benzene rings is 1. The molecule has 4 nitrogen and oxygen atoms in total. The largest absolute Gasteiger partial charge is 0.504 e. The zero-order chi connectivity index (χ0) is 13.1. The molecule has 1 rings (SSSR count). The van der Waals surface area contributed by atoms with Gasteiger partial charge in [-0.15, -0.1) is 0 Å². The summed E-state index contributed by atoms with van der Waals surface area (Å²) in [5, 5.41) is 9.85. The van der Waals surface area contributed by atoms with Crippen LogP contribution in [-0.2, 0) is 10.0 Å². The van der Waals surface area contributed by atoms with Gasteiger partial charge in [-0.05, 0) is 18.6 Å². The van der Waals surface area contributed by atoms with E-state index in [4.69, 9.17) is 23.2 Å². The predicted molar refractivity (Wildman–Crippen MR) is 70.4 cm³/mol. The lowest BCUT2D eigenvalue weighted by Crippen LogP contribution is -2.16. The standard InChI is InChI=1S/C10H13Cl2NO3S/c1-2-3-4-17(15,16)13-9-6-7(11)5-8(12)10(9)14/h5-6,13-14H,2-4H2,1H3. The van der Waals surface area contributed by atoms with Gasteiger partial charge in [0.05, 0.1) is 16.5 Å². The highest BCUT2D eigenvalue weighted by Gasteiger charge is 2.14. The highest BCUT2D eigenvalue weighted by molar-refractivity contribution is 7.92. The van der Waals surface area contributed by atoms with Crippen LogP contribution in [0.15, 0.2) is 12.1 Å². The average Bonchev–Trinajstić information content (AvgIpc) is 2.22. The van der Waals surface area contributed by atoms with Crippen molar-refractivity contribution in [3.63, 3.8) is 0 Å². The SMILES string of the molecule is CCCCS(=O)(=O)Nc1cc(Cl)cc(Cl)c1O. The Morgan fingerprint density at radius 2 is 2.00 bits per heavy atom. The lowest BCUT2D eigenvalue weighted by Gasteiger charge is -2.10. The quantitative estimate of drug-likeness (QED) is 0.820. The van der Waals surface area contributed by atoms with Gasteiger partial charge < -0.3 is 5.11 Å². The third kappa shape index (κ3) is 4.26. The predicted octanol–water partition coefficient (Wildman–Crippen LogP) is 3.24. The van der Waals surface area contributed by atoms with Crippen LogP contribution in [0.3, 0.4) is 0 Å². The Morgan fingerprint density at radius 3 is 2.59 bits per heavy atom. The van der Waals surface area contributed by atoms with Crippen LogP contribution < -0.4 is 4.72 Å². The molecule has 96 valence electrons. The molecule has 0 saturated carbocycles. The van der Waals surface area contributed by atoms with Crippen molar-refractivity contribution in [1.29, 1.82) is 0 Å². The first-order valence-corrected chi connectivity index (χ1v) is 7.45. The Balaban J connectivity index is 2.95. The minimum absolute atomic E-state index is 0.00129. The van der Waals surface area contributed by atoms with Gasteiger partial charge in [-0.2, -0.15) is 0 Å². The molecule has 0 amide bonds. The van der Waals surface area contributed by atoms with E-state index in [0.29, 0.717) is 6.42 Å². The highest BCUT2D eigenvalue weighted by Crippen LogP contribution is 2.35. The minimum atomic E-state index is -3.48. The molecule has 0 unspecified atom stereocenters. The molecule has 0 spiro atoms. The van der Waals surface area contributed by atoms with Gasteiger partial charge in [0.1, 0.15) is 0 Å². The van der Waals surface area contributed by atoms with E-state index in [0.717, 1.165) is 6.42 Å². The van der Waals surface area contributed by atoms with E-state index in [1.807, 2.05) is 6.92 Å². The number of nitrogens with one attached hydrogen (secondary N) is 1. The van der Waals surface area contributed by atoms with Crippen molar-refractivity contribution >= 4 is 38.9 Å². The first-order chi connectivity index (χ1) is 7.85. The molecule has 0 radical (unpaired) electrons. The number of phenolic OH excluding ortho intramolecular Hbond substituents is 1. The Hall–Kier alpha value is -0.650. The summed E-state index contributed by atoms with van der Waals surface area (Å²) >= 11 is 11.4. The van der Waals surface area contributed by atoms with E-state index >= 15 is 0 Å². The first kappa shape index (κ1) is 14.4. The van der Waals surface area contributed by atoms with E-state index in [2.05, 4.69) is 4.72 Å². The van der Waals surface area contributed by atoms with E-state index in [1.54, 1.807) is 0 Å². The van der Waals surface area contributed by atoms with Crippen LogP contribution in [0.5, 0.6) is 5.75 Å². The smallest absolute Gasteiger partial charge is 0.232 e. The molecular weight excluding hydrogens is 285 g/mol. The molecule has 0 heterocycles. The number of halogens is 2. The Kier molecular flexibility index (Phi) is 4.91. The molecule has 0 aliphatic rings. The molecule has 0 bridgehead atoms. The highest BCUT2D eigenvalue weighted by atomic mass is 35.5. The number of phenols is 1. The Bertz CT molecular complexity index is 503. The Labute approximate surface area is 111 Å². The molecule has 2 N–H and O–H groups in total. The number of hydrogen-bond donors (Lipinski definition) is 2. The third-order valence-corrected chi connectivity index (χ3v) is 3.92. The van der Waals surface area contributed by atoms with E-state index in [1.165, 1.54) is 12.1 Å². The van der Waals surface area contributed by atoms with Crippen LogP contribution in [0.4, 0.5) is 5.69 Å². The molecule has 0 aliphatic carbocycles. The summed E-state index contributed by atoms with van der Waals surface area (Å²) in [6, 6.07) is 2.65. The molecule has 7 heteroatoms. The van der Waals surface area contributed by atoms with Crippen molar-refractivity contribution in [2.75, 3.05) is 10.5 Å². The molecule has 1 aromatic carbocycles. The van der Waals surface area contributed by atoms with Gasteiger partial charge in [0.2, 0.25) is 10.0 Å². The second-order valence-corrected chi connectivity index (χ2v) is 6.24. The summed E-state index contributed by atoms with van der Waals surface area (Å²) in [5.41, 5.74) is -0.00129. The second kappa shape index (κ2) is 5.80. The van der Waals surface area contributed by atoms with E-state index in [-0.39, 0.29) is 27.2 Å². The van der Waals surface area contributed by atoms with Crippen molar-refractivity contribution in [2.24, 2.45) is 0 Å². The van der Waals surface area contributed by atoms with Crippen LogP contribution in [0.25, 0.3) is 0 Å². The van der Waals surface area contributed by atoms with Crippen molar-refractivity contribution in [3.8, 4) is 5.75 Å². The topological polar surface area (TPSA) is 66.4 Å². The lowest BCUT2D eigenvalue weighted by molar-refractivity contribution is 0.478. The summed E-state index contributed by atoms with van der Waals surface area (Å²) in [7, 11) is -3.48. The maximum atomic E-state index is 11.6. The third-order valence-electron chi connectivity index (χ3n) is 2.06. The molecule has 0 aromatic heterocycles. The van der Waals surface area contributed by atoms with Gasteiger partial charge >= 0.3 is 0 Å². The van der Waals surface area contributed by atoms with Crippen LogP contribution in [0, 0.1) is 0 Å². The normalized spacial score (nSPS) is 11.5. The monoisotopic (exact) mass is 297 g/mol. The summed E-state index contributed by atoms with van der Waals surface area (Å²) in [5.74, 6) is -0.330. The molecule has 17 heavy (non-hydrogen) atoms. The zero-order valence-electron chi connectivity index (χ0n) is 9.20. The van der Waals surface area contributed by atoms with Gasteiger partial charge in [0.25, 0.3) is 0 Å². The summed E-state index contributed by atoms with van der Waals surface area (Å²) in [6.45, 7) is 1.89. The van der Waals surface area contributed by atoms with Crippen LogP contribution in [0.2, 0.25) is 10.0 Å². The van der Waals surface area contributed by atoms with Gasteiger partial charge in [-0.25, -0.2) is 8.42 Å². The summed E-state index contributed by atoms with van der Waals surface area (Å²) in [4.78, 5) is 0. The van der Waals surface area contributed by atoms with Crippen molar-refractivity contribution in [2.45, 2.75) is 19.8 Å². The van der Waals surface area contributed by atoms with Gasteiger partial charge in [-0.3, -0.25) is 4.72 Å². The van der Waals surface area contributed by atoms with E-state index in [9.17, 15) is 13.5 Å².